The van der Waals surface area contributed by atoms with E-state index in [1.165, 1.54) is 46.2 Å². The van der Waals surface area contributed by atoms with Crippen molar-refractivity contribution in [2.75, 3.05) is 19.8 Å². The van der Waals surface area contributed by atoms with Crippen molar-refractivity contribution in [2.45, 2.75) is 118 Å². The normalized spacial score (nSPS) is 10.9. The van der Waals surface area contributed by atoms with E-state index in [2.05, 4.69) is 144 Å². The van der Waals surface area contributed by atoms with Gasteiger partial charge in [-0.25, -0.2) is 0 Å². The van der Waals surface area contributed by atoms with E-state index in [0.717, 1.165) is 135 Å². The second kappa shape index (κ2) is 36.4. The average Bonchev–Trinajstić information content (AvgIpc) is 3.71. The molecule has 0 N–H and O–H groups in total. The smallest absolute Gasteiger partial charge is 0.387 e. The molecule has 0 aliphatic heterocycles. The molecule has 0 saturated heterocycles. The zero-order valence-corrected chi connectivity index (χ0v) is 49.8. The Morgan fingerprint density at radius 1 is 0.230 bits per heavy atom. The van der Waals surface area contributed by atoms with E-state index in [0.29, 0.717) is 0 Å². The molecule has 6 nitrogen and oxygen atoms in total. The minimum Gasteiger partial charge on any atom is -0.494 e. The number of benzene rings is 9. The molecule has 0 spiro atoms. The maximum atomic E-state index is 12.3. The second-order valence-corrected chi connectivity index (χ2v) is 20.8. The lowest BCUT2D eigenvalue weighted by molar-refractivity contribution is -0.0505. The Hall–Kier alpha value is -8.64. The fraction of sp³-hybridized carbons (Fsp3) is 0.280. The molecule has 9 rings (SSSR count). The Morgan fingerprint density at radius 2 is 0.437 bits per heavy atom. The first-order valence-electron chi connectivity index (χ1n) is 30.0. The average molecular weight is 1190 g/mol. The minimum atomic E-state index is -2.80. The third-order valence-electron chi connectivity index (χ3n) is 14.2. The first-order chi connectivity index (χ1) is 42.4. The summed E-state index contributed by atoms with van der Waals surface area (Å²) in [4.78, 5) is 0. The molecule has 0 aliphatic rings. The highest BCUT2D eigenvalue weighted by molar-refractivity contribution is 5.66. The molecule has 0 unspecified atom stereocenters. The highest BCUT2D eigenvalue weighted by atomic mass is 19.3. The van der Waals surface area contributed by atoms with Gasteiger partial charge >= 0.3 is 19.8 Å². The lowest BCUT2D eigenvalue weighted by Crippen LogP contribution is -2.01. The summed E-state index contributed by atoms with van der Waals surface area (Å²) in [7, 11) is 0. The molecule has 0 amide bonds. The highest BCUT2D eigenvalue weighted by Crippen LogP contribution is 2.28. The zero-order chi connectivity index (χ0) is 61.4. The van der Waals surface area contributed by atoms with E-state index in [-0.39, 0.29) is 17.2 Å². The maximum absolute atomic E-state index is 12.3. The molecule has 12 heteroatoms. The molecule has 0 fully saturated rings. The van der Waals surface area contributed by atoms with Crippen molar-refractivity contribution >= 4 is 0 Å². The molecule has 0 radical (unpaired) electrons. The number of rotatable bonds is 30. The highest BCUT2D eigenvalue weighted by Gasteiger charge is 2.09. The summed E-state index contributed by atoms with van der Waals surface area (Å²) < 4.78 is 104. The largest absolute Gasteiger partial charge is 0.494 e. The summed E-state index contributed by atoms with van der Waals surface area (Å²) in [5.74, 6) is 3.28. The van der Waals surface area contributed by atoms with Crippen LogP contribution >= 0.6 is 0 Å². The van der Waals surface area contributed by atoms with Crippen molar-refractivity contribution in [1.29, 1.82) is 0 Å². The summed E-state index contributed by atoms with van der Waals surface area (Å²) in [6, 6.07) is 70.1. The van der Waals surface area contributed by atoms with E-state index >= 15 is 0 Å². The van der Waals surface area contributed by atoms with Crippen molar-refractivity contribution in [3.8, 4) is 67.9 Å². The molecular formula is C75H78F6O6. The van der Waals surface area contributed by atoms with E-state index < -0.39 is 19.8 Å². The van der Waals surface area contributed by atoms with Gasteiger partial charge in [-0.15, -0.1) is 0 Å². The van der Waals surface area contributed by atoms with E-state index in [9.17, 15) is 26.3 Å². The topological polar surface area (TPSA) is 55.4 Å². The van der Waals surface area contributed by atoms with Gasteiger partial charge in [0, 0.05) is 0 Å². The fourth-order valence-corrected chi connectivity index (χ4v) is 9.30. The maximum Gasteiger partial charge on any atom is 0.387 e. The van der Waals surface area contributed by atoms with Crippen LogP contribution in [0.5, 0.6) is 34.5 Å². The molecule has 0 heterocycles. The minimum absolute atomic E-state index is 0.168. The van der Waals surface area contributed by atoms with Crippen LogP contribution < -0.4 is 28.4 Å². The zero-order valence-electron chi connectivity index (χ0n) is 49.8. The van der Waals surface area contributed by atoms with Crippen LogP contribution in [0.1, 0.15) is 92.7 Å². The number of aryl methyl sites for hydroxylation is 6. The Balaban J connectivity index is 0.000000187. The predicted molar refractivity (Wildman–Crippen MR) is 338 cm³/mol. The number of hydrogen-bond donors (Lipinski definition) is 0. The molecule has 0 aromatic heterocycles. The Morgan fingerprint density at radius 3 is 0.667 bits per heavy atom. The molecule has 0 aliphatic carbocycles. The molecule has 0 atom stereocenters. The van der Waals surface area contributed by atoms with Gasteiger partial charge in [0.2, 0.25) is 0 Å². The van der Waals surface area contributed by atoms with Crippen molar-refractivity contribution in [1.82, 2.24) is 0 Å². The van der Waals surface area contributed by atoms with Crippen molar-refractivity contribution in [3.63, 3.8) is 0 Å². The van der Waals surface area contributed by atoms with Gasteiger partial charge in [0.15, 0.2) is 0 Å². The Labute approximate surface area is 509 Å². The van der Waals surface area contributed by atoms with Crippen LogP contribution in [0.15, 0.2) is 218 Å². The van der Waals surface area contributed by atoms with Gasteiger partial charge in [-0.1, -0.05) is 186 Å². The quantitative estimate of drug-likeness (QED) is 0.0330. The fourth-order valence-electron chi connectivity index (χ4n) is 9.30. The second-order valence-electron chi connectivity index (χ2n) is 20.8. The van der Waals surface area contributed by atoms with Crippen LogP contribution in [-0.4, -0.2) is 39.7 Å². The third-order valence-corrected chi connectivity index (χ3v) is 14.2. The summed E-state index contributed by atoms with van der Waals surface area (Å²) in [5.41, 5.74) is 13.7. The van der Waals surface area contributed by atoms with Gasteiger partial charge in [-0.05, 0) is 197 Å². The van der Waals surface area contributed by atoms with Gasteiger partial charge in [0.1, 0.15) is 34.5 Å². The number of ether oxygens (including phenoxy) is 6. The summed E-state index contributed by atoms with van der Waals surface area (Å²) in [6.45, 7) is 0.324. The van der Waals surface area contributed by atoms with Crippen LogP contribution in [0.25, 0.3) is 33.4 Å². The van der Waals surface area contributed by atoms with Gasteiger partial charge in [0.25, 0.3) is 0 Å². The van der Waals surface area contributed by atoms with Crippen LogP contribution in [0.4, 0.5) is 26.3 Å². The summed E-state index contributed by atoms with van der Waals surface area (Å²) in [6.07, 6.45) is 12.5. The number of halogens is 6. The number of hydrogen-bond acceptors (Lipinski definition) is 6. The third kappa shape index (κ3) is 24.0. The molecule has 9 aromatic rings. The lowest BCUT2D eigenvalue weighted by Gasteiger charge is -2.08. The number of alkyl halides is 6. The Bertz CT molecular complexity index is 3290. The molecule has 0 saturated carbocycles. The molecule has 456 valence electrons. The standard InChI is InChI=1S/C26H28F2O2.C25H26F2O2.C24H24F2O2/c1-2-3-4-19-29-24-15-9-21(10-16-24)6-5-20-7-11-22(12-8-20)23-13-17-25(18-14-23)30-26(27)28;1-2-3-18-28-23-14-8-20(9-15-23)5-4-19-6-10-21(11-7-19)22-12-16-24(17-13-22)29-25(26)27;1-2-17-27-22-13-7-19(8-14-22)4-3-18-5-9-20(10-6-18)21-11-15-23(16-12-21)28-24(25)26/h7-18,26H,2-6,19H2,1H3;6-17,25H,2-5,18H2,1H3;5-16,24H,2-4,17H2,1H3. The number of unbranched alkanes of at least 4 members (excludes halogenated alkanes) is 3. The monoisotopic (exact) mass is 1190 g/mol. The van der Waals surface area contributed by atoms with Gasteiger partial charge in [0.05, 0.1) is 19.8 Å². The van der Waals surface area contributed by atoms with Crippen LogP contribution in [0.2, 0.25) is 0 Å². The van der Waals surface area contributed by atoms with Gasteiger partial charge in [-0.3, -0.25) is 0 Å². The van der Waals surface area contributed by atoms with Crippen LogP contribution in [0.3, 0.4) is 0 Å². The van der Waals surface area contributed by atoms with Crippen molar-refractivity contribution in [2.24, 2.45) is 0 Å². The van der Waals surface area contributed by atoms with E-state index in [1.807, 2.05) is 36.4 Å². The first-order valence-corrected chi connectivity index (χ1v) is 30.0. The van der Waals surface area contributed by atoms with Gasteiger partial charge in [-0.2, -0.15) is 26.3 Å². The van der Waals surface area contributed by atoms with E-state index in [1.54, 1.807) is 72.8 Å². The van der Waals surface area contributed by atoms with Crippen molar-refractivity contribution < 1.29 is 54.8 Å². The SMILES string of the molecule is CCCCCOc1ccc(CCc2ccc(-c3ccc(OC(F)F)cc3)cc2)cc1.CCCCOc1ccc(CCc2ccc(-c3ccc(OC(F)F)cc3)cc2)cc1.CCCOc1ccc(CCc2ccc(-c3ccc(OC(F)F)cc3)cc2)cc1. The predicted octanol–water partition coefficient (Wildman–Crippen LogP) is 20.8. The summed E-state index contributed by atoms with van der Waals surface area (Å²) in [5, 5.41) is 0. The Kier molecular flexibility index (Phi) is 27.6. The first kappa shape index (κ1) is 65.9. The van der Waals surface area contributed by atoms with Crippen molar-refractivity contribution in [3.05, 3.63) is 252 Å². The van der Waals surface area contributed by atoms with Gasteiger partial charge < -0.3 is 28.4 Å². The lowest BCUT2D eigenvalue weighted by atomic mass is 10.0. The summed E-state index contributed by atoms with van der Waals surface area (Å²) >= 11 is 0. The molecule has 9 aromatic carbocycles. The van der Waals surface area contributed by atoms with E-state index in [4.69, 9.17) is 14.2 Å². The molecule has 0 bridgehead atoms. The molecular weight excluding hydrogens is 1110 g/mol. The van der Waals surface area contributed by atoms with Crippen LogP contribution in [0, 0.1) is 0 Å². The molecule has 87 heavy (non-hydrogen) atoms. The van der Waals surface area contributed by atoms with Crippen LogP contribution in [-0.2, 0) is 38.5 Å².